The van der Waals surface area contributed by atoms with Gasteiger partial charge >= 0.3 is 53.7 Å². The van der Waals surface area contributed by atoms with Crippen LogP contribution in [-0.2, 0) is 100 Å². The predicted octanol–water partition coefficient (Wildman–Crippen LogP) is 14.9. The summed E-state index contributed by atoms with van der Waals surface area (Å²) in [4.78, 5) is 167. The zero-order valence-electron chi connectivity index (χ0n) is 67.5. The molecule has 0 rings (SSSR count). The Labute approximate surface area is 606 Å². The van der Waals surface area contributed by atoms with Gasteiger partial charge in [0.05, 0.1) is 0 Å². The molecule has 23 heteroatoms. The molecule has 0 heterocycles. The first-order valence-electron chi connectivity index (χ1n) is 36.3. The van der Waals surface area contributed by atoms with E-state index in [1.165, 1.54) is 0 Å². The SMILES string of the molecule is CC(C)(C)OC(=O)CCC(CCC(=O)OC(C)(C)C)(CCC(=O)OC(C)(C)C)CC(=O)CCC(N)(CCC(=O)CC(CCC(=O)OC(C)(C)C)(CCC(=O)OC(C)(C)C)CCC(=O)OC(C)(C)C)CCC(=O)NC(CCC(=O)OC(C)(C)C)(CCC(=O)OC(C)(C)C)CCC(=O)OC(C)(C)C. The zero-order chi connectivity index (χ0) is 78.9. The zero-order valence-corrected chi connectivity index (χ0v) is 67.5. The van der Waals surface area contributed by atoms with Gasteiger partial charge in [0.15, 0.2) is 0 Å². The molecule has 23 nitrogen and oxygen atoms in total. The number of hydrogen-bond acceptors (Lipinski definition) is 22. The summed E-state index contributed by atoms with van der Waals surface area (Å²) in [7, 11) is 0. The Kier molecular flexibility index (Phi) is 36.9. The third-order valence-electron chi connectivity index (χ3n) is 15.6. The Morgan fingerprint density at radius 1 is 0.228 bits per heavy atom. The van der Waals surface area contributed by atoms with Gasteiger partial charge in [-0.25, -0.2) is 0 Å². The van der Waals surface area contributed by atoms with Crippen LogP contribution in [0.25, 0.3) is 0 Å². The molecule has 0 aromatic heterocycles. The second kappa shape index (κ2) is 39.2. The highest BCUT2D eigenvalue weighted by Gasteiger charge is 2.42. The van der Waals surface area contributed by atoms with E-state index >= 15 is 9.59 Å². The Balaban J connectivity index is 8.47. The van der Waals surface area contributed by atoms with Crippen molar-refractivity contribution in [3.05, 3.63) is 0 Å². The Hall–Kier alpha value is -6.00. The first-order chi connectivity index (χ1) is 45.2. The number of nitrogens with one attached hydrogen (secondary N) is 1. The normalized spacial score (nSPS) is 13.3. The molecular weight excluding hydrogens is 1300 g/mol. The van der Waals surface area contributed by atoms with Crippen LogP contribution in [0.1, 0.15) is 354 Å². The van der Waals surface area contributed by atoms with Crippen LogP contribution >= 0.6 is 0 Å². The third kappa shape index (κ3) is 50.1. The molecule has 584 valence electrons. The molecule has 1 amide bonds. The minimum Gasteiger partial charge on any atom is -0.460 e. The Bertz CT molecular complexity index is 2220. The van der Waals surface area contributed by atoms with E-state index in [1.807, 2.05) is 0 Å². The summed E-state index contributed by atoms with van der Waals surface area (Å²) < 4.78 is 51.3. The molecule has 0 aliphatic carbocycles. The lowest BCUT2D eigenvalue weighted by Gasteiger charge is -2.37. The van der Waals surface area contributed by atoms with Gasteiger partial charge in [-0.2, -0.15) is 0 Å². The van der Waals surface area contributed by atoms with Gasteiger partial charge in [-0.1, -0.05) is 0 Å². The fourth-order valence-electron chi connectivity index (χ4n) is 11.5. The summed E-state index contributed by atoms with van der Waals surface area (Å²) >= 11 is 0. The van der Waals surface area contributed by atoms with Crippen molar-refractivity contribution in [3.8, 4) is 0 Å². The van der Waals surface area contributed by atoms with E-state index < -0.39 is 132 Å². The minimum absolute atomic E-state index is 0.0107. The van der Waals surface area contributed by atoms with Crippen molar-refractivity contribution in [3.63, 3.8) is 0 Å². The molecule has 101 heavy (non-hydrogen) atoms. The number of hydrogen-bond donors (Lipinski definition) is 2. The predicted molar refractivity (Wildman–Crippen MR) is 385 cm³/mol. The molecule has 0 aromatic rings. The van der Waals surface area contributed by atoms with Gasteiger partial charge in [0, 0.05) is 101 Å². The van der Waals surface area contributed by atoms with Gasteiger partial charge in [-0.05, 0) is 275 Å². The molecule has 0 aliphatic rings. The summed E-state index contributed by atoms with van der Waals surface area (Å²) in [5.74, 6) is -6.62. The fourth-order valence-corrected chi connectivity index (χ4v) is 11.5. The Morgan fingerprint density at radius 2 is 0.386 bits per heavy atom. The van der Waals surface area contributed by atoms with Gasteiger partial charge < -0.3 is 53.7 Å². The highest BCUT2D eigenvalue weighted by atomic mass is 16.6. The van der Waals surface area contributed by atoms with Crippen LogP contribution in [0, 0.1) is 10.8 Å². The largest absolute Gasteiger partial charge is 0.460 e. The summed E-state index contributed by atoms with van der Waals surface area (Å²) in [5.41, 5.74) is -5.70. The maximum atomic E-state index is 15.1. The van der Waals surface area contributed by atoms with Crippen molar-refractivity contribution in [1.82, 2.24) is 5.32 Å². The number of rotatable bonds is 41. The lowest BCUT2D eigenvalue weighted by molar-refractivity contribution is -0.159. The molecule has 0 bridgehead atoms. The van der Waals surface area contributed by atoms with Gasteiger partial charge in [0.25, 0.3) is 0 Å². The van der Waals surface area contributed by atoms with E-state index in [2.05, 4.69) is 5.32 Å². The van der Waals surface area contributed by atoms with E-state index in [-0.39, 0.29) is 179 Å². The lowest BCUT2D eigenvalue weighted by Crippen LogP contribution is -2.51. The lowest BCUT2D eigenvalue weighted by atomic mass is 9.70. The third-order valence-corrected chi connectivity index (χ3v) is 15.6. The number of ether oxygens (including phenoxy) is 9. The van der Waals surface area contributed by atoms with Crippen molar-refractivity contribution in [2.24, 2.45) is 16.6 Å². The van der Waals surface area contributed by atoms with Gasteiger partial charge in [-0.3, -0.25) is 57.5 Å². The van der Waals surface area contributed by atoms with E-state index in [4.69, 9.17) is 48.4 Å². The quantitative estimate of drug-likeness (QED) is 0.0424. The smallest absolute Gasteiger partial charge is 0.306 e. The number of esters is 9. The molecule has 0 radical (unpaired) electrons. The topological polar surface area (TPSA) is 326 Å². The molecular formula is C78H136N2O21. The van der Waals surface area contributed by atoms with Crippen LogP contribution in [0.2, 0.25) is 0 Å². The van der Waals surface area contributed by atoms with E-state index in [1.54, 1.807) is 187 Å². The first-order valence-corrected chi connectivity index (χ1v) is 36.3. The second-order valence-electron chi connectivity index (χ2n) is 36.9. The molecule has 0 saturated carbocycles. The van der Waals surface area contributed by atoms with Gasteiger partial charge in [0.1, 0.15) is 62.0 Å². The van der Waals surface area contributed by atoms with Crippen LogP contribution < -0.4 is 11.1 Å². The van der Waals surface area contributed by atoms with Crippen molar-refractivity contribution < 1.29 is 100 Å². The van der Waals surface area contributed by atoms with Crippen LogP contribution in [0.15, 0.2) is 0 Å². The first kappa shape index (κ1) is 95.0. The van der Waals surface area contributed by atoms with E-state index in [0.717, 1.165) is 0 Å². The molecule has 0 atom stereocenters. The maximum Gasteiger partial charge on any atom is 0.306 e. The van der Waals surface area contributed by atoms with Crippen molar-refractivity contribution in [2.75, 3.05) is 0 Å². The van der Waals surface area contributed by atoms with Gasteiger partial charge in [-0.15, -0.1) is 0 Å². The molecule has 0 aliphatic heterocycles. The summed E-state index contributed by atoms with van der Waals surface area (Å²) in [6, 6.07) is 0. The second-order valence-corrected chi connectivity index (χ2v) is 36.9. The van der Waals surface area contributed by atoms with Crippen molar-refractivity contribution in [1.29, 1.82) is 0 Å². The average Bonchev–Trinajstić information content (AvgIpc) is 0.842. The number of ketones is 2. The maximum absolute atomic E-state index is 15.1. The number of carbonyl (C=O) groups excluding carboxylic acids is 12. The molecule has 3 N–H and O–H groups in total. The van der Waals surface area contributed by atoms with Gasteiger partial charge in [0.2, 0.25) is 5.91 Å². The van der Waals surface area contributed by atoms with Crippen LogP contribution in [-0.4, -0.2) is 133 Å². The van der Waals surface area contributed by atoms with Crippen LogP contribution in [0.3, 0.4) is 0 Å². The highest BCUT2D eigenvalue weighted by Crippen LogP contribution is 2.43. The number of carbonyl (C=O) groups is 12. The molecule has 0 aromatic carbocycles. The van der Waals surface area contributed by atoms with Crippen molar-refractivity contribution in [2.45, 2.75) is 415 Å². The highest BCUT2D eigenvalue weighted by molar-refractivity contribution is 5.82. The number of amides is 1. The summed E-state index contributed by atoms with van der Waals surface area (Å²) in [5, 5.41) is 3.09. The number of Topliss-reactive ketones (excluding diaryl/α,β-unsaturated/α-hetero) is 2. The molecule has 0 saturated heterocycles. The Morgan fingerprint density at radius 3 is 0.554 bits per heavy atom. The fraction of sp³-hybridized carbons (Fsp3) is 0.846. The van der Waals surface area contributed by atoms with E-state index in [9.17, 15) is 47.9 Å². The summed E-state index contributed by atoms with van der Waals surface area (Å²) in [6.07, 6.45) is -3.93. The molecule has 0 spiro atoms. The average molecular weight is 1440 g/mol. The monoisotopic (exact) mass is 1440 g/mol. The van der Waals surface area contributed by atoms with Crippen LogP contribution in [0.5, 0.6) is 0 Å². The van der Waals surface area contributed by atoms with Crippen molar-refractivity contribution >= 4 is 71.2 Å². The number of nitrogens with two attached hydrogens (primary N) is 1. The standard InChI is InChI=1S/C78H136N2O21/c1-66(2,3)93-57(84)31-40-75(41-32-58(85)94-67(4,5)6,42-33-59(86)95-68(7,8)9)52-54(81)28-46-77(79,47-29-55(82)53-76(43-34-60(87)96-69(10,11)12,44-35-61(88)97-70(13,14)15)45-36-62(89)98-71(16,17)18)48-30-56(83)80-78(49-37-63(90)99-72(19,20)21,50-38-64(91)100-73(22,23)24)51-39-65(92)101-74(25,26)27/h28-53,79H2,1-27H3,(H,80,83). The molecule has 0 fully saturated rings. The van der Waals surface area contributed by atoms with E-state index in [0.29, 0.717) is 0 Å². The molecule has 0 unspecified atom stereocenters. The summed E-state index contributed by atoms with van der Waals surface area (Å²) in [6.45, 7) is 46.2. The van der Waals surface area contributed by atoms with Crippen LogP contribution in [0.4, 0.5) is 0 Å². The minimum atomic E-state index is -1.53.